The van der Waals surface area contributed by atoms with Crippen molar-refractivity contribution in [3.63, 3.8) is 0 Å². The molecule has 0 aromatic heterocycles. The maximum Gasteiger partial charge on any atom is 0.475 e. The third-order valence-corrected chi connectivity index (χ3v) is 6.11. The van der Waals surface area contributed by atoms with Crippen molar-refractivity contribution < 1.29 is 38.8 Å². The summed E-state index contributed by atoms with van der Waals surface area (Å²) in [4.78, 5) is 75.4. The first-order valence-electron chi connectivity index (χ1n) is 11.5. The maximum atomic E-state index is 12.9. The van der Waals surface area contributed by atoms with Gasteiger partial charge in [-0.15, -0.1) is 0 Å². The molecule has 11 nitrogen and oxygen atoms in total. The molecule has 5 amide bonds. The minimum absolute atomic E-state index is 0.00116. The molecule has 1 aromatic rings. The second kappa shape index (κ2) is 10.5. The van der Waals surface area contributed by atoms with Crippen molar-refractivity contribution in [1.29, 1.82) is 0 Å². The van der Waals surface area contributed by atoms with Crippen LogP contribution in [0.3, 0.4) is 0 Å². The first-order chi connectivity index (χ1) is 16.4. The van der Waals surface area contributed by atoms with Gasteiger partial charge in [-0.05, 0) is 30.9 Å². The summed E-state index contributed by atoms with van der Waals surface area (Å²) < 4.78 is 0. The highest BCUT2D eigenvalue weighted by Gasteiger charge is 2.44. The average Bonchev–Trinajstić information content (AvgIpc) is 3.02. The SMILES string of the molecule is CC(C)C[C@H](NC(=O)[C@H](C)CC(=O)c1ccc2c(c1)C(=O)N(C1CCC(=O)NC1=O)C2=O)B(O)O. The zero-order valence-electron chi connectivity index (χ0n) is 19.7. The molecule has 0 spiro atoms. The summed E-state index contributed by atoms with van der Waals surface area (Å²) in [6, 6.07) is 2.88. The standard InChI is InChI=1S/C23H28BN3O8/c1-11(2)8-18(24(34)35)25-20(30)12(3)9-17(28)13-4-5-14-15(10-13)23(33)27(22(14)32)16-6-7-19(29)26-21(16)31/h4-5,10-12,16,18,34-35H,6-9H2,1-3H3,(H,25,30)(H,26,29,31)/t12-,16?,18+/m1/s1. The fourth-order valence-corrected chi connectivity index (χ4v) is 4.22. The van der Waals surface area contributed by atoms with E-state index in [0.717, 1.165) is 4.90 Å². The van der Waals surface area contributed by atoms with E-state index in [4.69, 9.17) is 0 Å². The molecule has 186 valence electrons. The summed E-state index contributed by atoms with van der Waals surface area (Å²) in [6.07, 6.45) is 0.155. The molecule has 3 rings (SSSR count). The van der Waals surface area contributed by atoms with Gasteiger partial charge in [0.2, 0.25) is 17.7 Å². The Bertz CT molecular complexity index is 1090. The molecule has 2 heterocycles. The molecule has 1 unspecified atom stereocenters. The highest BCUT2D eigenvalue weighted by atomic mass is 16.4. The quantitative estimate of drug-likeness (QED) is 0.212. The van der Waals surface area contributed by atoms with Crippen molar-refractivity contribution in [3.05, 3.63) is 34.9 Å². The van der Waals surface area contributed by atoms with Gasteiger partial charge in [0, 0.05) is 24.3 Å². The fraction of sp³-hybridized carbons (Fsp3) is 0.478. The topological polar surface area (TPSA) is 170 Å². The van der Waals surface area contributed by atoms with Crippen molar-refractivity contribution in [2.24, 2.45) is 11.8 Å². The second-order valence-corrected chi connectivity index (χ2v) is 9.39. The van der Waals surface area contributed by atoms with E-state index in [1.165, 1.54) is 25.1 Å². The summed E-state index contributed by atoms with van der Waals surface area (Å²) >= 11 is 0. The van der Waals surface area contributed by atoms with Crippen LogP contribution in [0.2, 0.25) is 0 Å². The van der Waals surface area contributed by atoms with Crippen LogP contribution in [0.4, 0.5) is 0 Å². The summed E-state index contributed by atoms with van der Waals surface area (Å²) in [6.45, 7) is 5.27. The monoisotopic (exact) mass is 485 g/mol. The number of amides is 5. The number of carbonyl (C=O) groups is 6. The van der Waals surface area contributed by atoms with E-state index in [1.807, 2.05) is 13.8 Å². The van der Waals surface area contributed by atoms with Gasteiger partial charge in [-0.25, -0.2) is 0 Å². The third kappa shape index (κ3) is 5.65. The van der Waals surface area contributed by atoms with E-state index in [0.29, 0.717) is 6.42 Å². The molecule has 1 saturated heterocycles. The number of ketones is 1. The van der Waals surface area contributed by atoms with Gasteiger partial charge in [-0.2, -0.15) is 0 Å². The summed E-state index contributed by atoms with van der Waals surface area (Å²) in [5.41, 5.74) is 0.147. The van der Waals surface area contributed by atoms with Crippen LogP contribution in [0, 0.1) is 11.8 Å². The highest BCUT2D eigenvalue weighted by molar-refractivity contribution is 6.43. The lowest BCUT2D eigenvalue weighted by Gasteiger charge is -2.27. The molecule has 1 fully saturated rings. The first kappa shape index (κ1) is 26.2. The normalized spacial score (nSPS) is 19.4. The van der Waals surface area contributed by atoms with E-state index in [2.05, 4.69) is 10.6 Å². The number of Topliss-reactive ketones (excluding diaryl/α,β-unsaturated/α-hetero) is 1. The minimum Gasteiger partial charge on any atom is -0.426 e. The van der Waals surface area contributed by atoms with Crippen molar-refractivity contribution in [3.8, 4) is 0 Å². The minimum atomic E-state index is -1.74. The molecule has 0 radical (unpaired) electrons. The van der Waals surface area contributed by atoms with Crippen LogP contribution in [0.25, 0.3) is 0 Å². The van der Waals surface area contributed by atoms with Gasteiger partial charge in [0.15, 0.2) is 5.78 Å². The van der Waals surface area contributed by atoms with E-state index in [-0.39, 0.29) is 41.9 Å². The Morgan fingerprint density at radius 1 is 1.11 bits per heavy atom. The van der Waals surface area contributed by atoms with Gasteiger partial charge in [0.25, 0.3) is 11.8 Å². The van der Waals surface area contributed by atoms with Crippen LogP contribution >= 0.6 is 0 Å². The van der Waals surface area contributed by atoms with Crippen LogP contribution in [-0.4, -0.2) is 69.4 Å². The Kier molecular flexibility index (Phi) is 7.86. The molecular formula is C23H28BN3O8. The number of hydrogen-bond acceptors (Lipinski definition) is 8. The number of rotatable bonds is 9. The largest absolute Gasteiger partial charge is 0.475 e. The van der Waals surface area contributed by atoms with Crippen molar-refractivity contribution in [1.82, 2.24) is 15.5 Å². The van der Waals surface area contributed by atoms with Gasteiger partial charge >= 0.3 is 7.12 Å². The van der Waals surface area contributed by atoms with Crippen molar-refractivity contribution in [2.75, 3.05) is 0 Å². The lowest BCUT2D eigenvalue weighted by molar-refractivity contribution is -0.136. The summed E-state index contributed by atoms with van der Waals surface area (Å²) in [5.74, 6) is -5.13. The molecule has 12 heteroatoms. The molecular weight excluding hydrogens is 457 g/mol. The summed E-state index contributed by atoms with van der Waals surface area (Å²) in [7, 11) is -1.74. The van der Waals surface area contributed by atoms with Crippen molar-refractivity contribution >= 4 is 42.4 Å². The Balaban J connectivity index is 1.70. The molecule has 3 atom stereocenters. The molecule has 4 N–H and O–H groups in total. The molecule has 0 bridgehead atoms. The second-order valence-electron chi connectivity index (χ2n) is 9.39. The zero-order chi connectivity index (χ0) is 26.0. The number of piperidine rings is 1. The number of benzene rings is 1. The van der Waals surface area contributed by atoms with Gasteiger partial charge in [-0.3, -0.25) is 39.0 Å². The van der Waals surface area contributed by atoms with Crippen LogP contribution < -0.4 is 10.6 Å². The zero-order valence-corrected chi connectivity index (χ0v) is 19.7. The van der Waals surface area contributed by atoms with Gasteiger partial charge in [-0.1, -0.05) is 26.8 Å². The lowest BCUT2D eigenvalue weighted by Crippen LogP contribution is -2.54. The van der Waals surface area contributed by atoms with Crippen LogP contribution in [0.1, 0.15) is 77.5 Å². The fourth-order valence-electron chi connectivity index (χ4n) is 4.22. The third-order valence-electron chi connectivity index (χ3n) is 6.11. The highest BCUT2D eigenvalue weighted by Crippen LogP contribution is 2.29. The van der Waals surface area contributed by atoms with E-state index >= 15 is 0 Å². The molecule has 2 aliphatic rings. The van der Waals surface area contributed by atoms with E-state index in [1.54, 1.807) is 0 Å². The smallest absolute Gasteiger partial charge is 0.426 e. The van der Waals surface area contributed by atoms with Crippen LogP contribution in [0.5, 0.6) is 0 Å². The Labute approximate surface area is 202 Å². The molecule has 0 aliphatic carbocycles. The Morgan fingerprint density at radius 2 is 1.77 bits per heavy atom. The first-order valence-corrected chi connectivity index (χ1v) is 11.5. The predicted octanol–water partition coefficient (Wildman–Crippen LogP) is -0.160. The molecule has 1 aromatic carbocycles. The predicted molar refractivity (Wildman–Crippen MR) is 123 cm³/mol. The number of nitrogens with zero attached hydrogens (tertiary/aromatic N) is 1. The molecule has 0 saturated carbocycles. The van der Waals surface area contributed by atoms with E-state index in [9.17, 15) is 38.8 Å². The maximum absolute atomic E-state index is 12.9. The van der Waals surface area contributed by atoms with Crippen LogP contribution in [-0.2, 0) is 14.4 Å². The number of imide groups is 2. The number of hydrogen-bond donors (Lipinski definition) is 4. The Hall–Kier alpha value is -3.38. The number of carbonyl (C=O) groups excluding carboxylic acids is 6. The summed E-state index contributed by atoms with van der Waals surface area (Å²) in [5, 5.41) is 23.7. The number of nitrogens with one attached hydrogen (secondary N) is 2. The average molecular weight is 485 g/mol. The molecule has 2 aliphatic heterocycles. The van der Waals surface area contributed by atoms with Crippen LogP contribution in [0.15, 0.2) is 18.2 Å². The lowest BCUT2D eigenvalue weighted by atomic mass is 9.74. The Morgan fingerprint density at radius 3 is 2.37 bits per heavy atom. The van der Waals surface area contributed by atoms with Gasteiger partial charge in [0.1, 0.15) is 6.04 Å². The molecule has 35 heavy (non-hydrogen) atoms. The number of fused-ring (bicyclic) bond motifs is 1. The van der Waals surface area contributed by atoms with E-state index < -0.39 is 60.3 Å². The van der Waals surface area contributed by atoms with Gasteiger partial charge in [0.05, 0.1) is 17.1 Å². The van der Waals surface area contributed by atoms with Crippen molar-refractivity contribution in [2.45, 2.75) is 58.4 Å². The van der Waals surface area contributed by atoms with Gasteiger partial charge < -0.3 is 15.4 Å².